The van der Waals surface area contributed by atoms with Crippen LogP contribution in [0.25, 0.3) is 5.69 Å². The largest absolute Gasteiger partial charge is 0.364 e. The van der Waals surface area contributed by atoms with Crippen LogP contribution in [0.3, 0.4) is 0 Å². The zero-order valence-electron chi connectivity index (χ0n) is 9.62. The van der Waals surface area contributed by atoms with E-state index in [9.17, 15) is 10.1 Å². The van der Waals surface area contributed by atoms with Crippen molar-refractivity contribution < 1.29 is 4.79 Å². The number of carbonyl (C=O) groups excluding carboxylic acids is 1. The quantitative estimate of drug-likeness (QED) is 0.847. The van der Waals surface area contributed by atoms with E-state index in [1.54, 1.807) is 12.3 Å². The summed E-state index contributed by atoms with van der Waals surface area (Å²) >= 11 is 1.49. The summed E-state index contributed by atoms with van der Waals surface area (Å²) in [6.07, 6.45) is 3.51. The predicted octanol–water partition coefficient (Wildman–Crippen LogP) is 1.56. The van der Waals surface area contributed by atoms with Crippen LogP contribution in [0, 0.1) is 11.3 Å². The molecule has 0 aliphatic carbocycles. The molecule has 0 saturated carbocycles. The lowest BCUT2D eigenvalue weighted by molar-refractivity contribution is 0.0995. The van der Waals surface area contributed by atoms with Crippen LogP contribution < -0.4 is 5.73 Å². The van der Waals surface area contributed by atoms with Gasteiger partial charge in [-0.15, -0.1) is 11.8 Å². The highest BCUT2D eigenvalue weighted by atomic mass is 32.2. The third-order valence-corrected chi connectivity index (χ3v) is 3.20. The van der Waals surface area contributed by atoms with Crippen molar-refractivity contribution in [2.75, 3.05) is 6.26 Å². The van der Waals surface area contributed by atoms with Gasteiger partial charge in [0, 0.05) is 11.1 Å². The van der Waals surface area contributed by atoms with Crippen molar-refractivity contribution in [2.24, 2.45) is 5.73 Å². The van der Waals surface area contributed by atoms with Crippen molar-refractivity contribution in [3.05, 3.63) is 41.7 Å². The number of rotatable bonds is 3. The Bertz CT molecular complexity index is 642. The highest BCUT2D eigenvalue weighted by Crippen LogP contribution is 2.25. The van der Waals surface area contributed by atoms with Crippen molar-refractivity contribution in [3.8, 4) is 11.8 Å². The molecule has 1 aromatic heterocycles. The van der Waals surface area contributed by atoms with Crippen LogP contribution in [0.2, 0.25) is 0 Å². The van der Waals surface area contributed by atoms with Gasteiger partial charge in [-0.1, -0.05) is 6.07 Å². The maximum Gasteiger partial charge on any atom is 0.269 e. The number of benzene rings is 1. The fourth-order valence-electron chi connectivity index (χ4n) is 1.58. The van der Waals surface area contributed by atoms with Crippen molar-refractivity contribution in [1.29, 1.82) is 5.26 Å². The molecular formula is C12H10N4OS. The number of hydrogen-bond donors (Lipinski definition) is 1. The number of nitrogens with two attached hydrogens (primary N) is 1. The van der Waals surface area contributed by atoms with Gasteiger partial charge in [-0.05, 0) is 24.5 Å². The van der Waals surface area contributed by atoms with Crippen LogP contribution in [-0.4, -0.2) is 21.9 Å². The summed E-state index contributed by atoms with van der Waals surface area (Å²) in [4.78, 5) is 11.9. The zero-order valence-corrected chi connectivity index (χ0v) is 10.4. The molecule has 0 aliphatic rings. The number of nitriles is 1. The first kappa shape index (κ1) is 12.2. The normalized spacial score (nSPS) is 10.0. The van der Waals surface area contributed by atoms with Crippen LogP contribution in [-0.2, 0) is 0 Å². The van der Waals surface area contributed by atoms with Gasteiger partial charge in [-0.3, -0.25) is 4.79 Å². The average molecular weight is 258 g/mol. The fourth-order valence-corrected chi connectivity index (χ4v) is 2.15. The fraction of sp³-hybridized carbons (Fsp3) is 0.0833. The molecule has 5 nitrogen and oxygen atoms in total. The molecule has 0 fully saturated rings. The Labute approximate surface area is 108 Å². The minimum atomic E-state index is -0.590. The van der Waals surface area contributed by atoms with E-state index in [2.05, 4.69) is 11.2 Å². The van der Waals surface area contributed by atoms with E-state index in [0.29, 0.717) is 11.3 Å². The predicted molar refractivity (Wildman–Crippen MR) is 68.6 cm³/mol. The van der Waals surface area contributed by atoms with E-state index >= 15 is 0 Å². The van der Waals surface area contributed by atoms with E-state index in [-0.39, 0.29) is 5.69 Å². The van der Waals surface area contributed by atoms with Gasteiger partial charge in [0.15, 0.2) is 0 Å². The van der Waals surface area contributed by atoms with Crippen LogP contribution in [0.15, 0.2) is 35.4 Å². The Morgan fingerprint density at radius 1 is 1.50 bits per heavy atom. The second-order valence-electron chi connectivity index (χ2n) is 3.48. The SMILES string of the molecule is CSc1cccc(-n2ccc(C(N)=O)n2)c1C#N. The maximum absolute atomic E-state index is 11.0. The number of aromatic nitrogens is 2. The summed E-state index contributed by atoms with van der Waals surface area (Å²) in [5, 5.41) is 13.3. The zero-order chi connectivity index (χ0) is 13.1. The molecule has 0 atom stereocenters. The Morgan fingerprint density at radius 2 is 2.28 bits per heavy atom. The number of thioether (sulfide) groups is 1. The van der Waals surface area contributed by atoms with Crippen molar-refractivity contribution in [2.45, 2.75) is 4.90 Å². The van der Waals surface area contributed by atoms with Crippen molar-refractivity contribution in [1.82, 2.24) is 9.78 Å². The molecule has 18 heavy (non-hydrogen) atoms. The maximum atomic E-state index is 11.0. The molecule has 0 saturated heterocycles. The Kier molecular flexibility index (Phi) is 3.35. The van der Waals surface area contributed by atoms with Gasteiger partial charge in [0.1, 0.15) is 11.8 Å². The molecule has 2 N–H and O–H groups in total. The van der Waals surface area contributed by atoms with E-state index in [4.69, 9.17) is 5.73 Å². The van der Waals surface area contributed by atoms with Crippen molar-refractivity contribution in [3.63, 3.8) is 0 Å². The summed E-state index contributed by atoms with van der Waals surface area (Å²) in [6, 6.07) is 9.16. The monoisotopic (exact) mass is 258 g/mol. The lowest BCUT2D eigenvalue weighted by Gasteiger charge is -2.07. The van der Waals surface area contributed by atoms with Gasteiger partial charge >= 0.3 is 0 Å². The van der Waals surface area contributed by atoms with E-state index in [1.807, 2.05) is 18.4 Å². The lowest BCUT2D eigenvalue weighted by atomic mass is 10.2. The minimum Gasteiger partial charge on any atom is -0.364 e. The molecule has 0 unspecified atom stereocenters. The van der Waals surface area contributed by atoms with Gasteiger partial charge in [0.05, 0.1) is 11.3 Å². The van der Waals surface area contributed by atoms with Gasteiger partial charge in [-0.2, -0.15) is 10.4 Å². The number of amides is 1. The molecule has 1 amide bonds. The third kappa shape index (κ3) is 2.08. The number of primary amides is 1. The van der Waals surface area contributed by atoms with Crippen LogP contribution in [0.1, 0.15) is 16.1 Å². The smallest absolute Gasteiger partial charge is 0.269 e. The molecule has 2 aromatic rings. The summed E-state index contributed by atoms with van der Waals surface area (Å²) in [5.74, 6) is -0.590. The molecule has 0 bridgehead atoms. The lowest BCUT2D eigenvalue weighted by Crippen LogP contribution is -2.12. The molecule has 0 aliphatic heterocycles. The summed E-state index contributed by atoms with van der Waals surface area (Å²) < 4.78 is 1.48. The Hall–Kier alpha value is -2.26. The van der Waals surface area contributed by atoms with Gasteiger partial charge in [0.2, 0.25) is 0 Å². The van der Waals surface area contributed by atoms with Crippen molar-refractivity contribution >= 4 is 17.7 Å². The number of carbonyl (C=O) groups is 1. The highest BCUT2D eigenvalue weighted by molar-refractivity contribution is 7.98. The summed E-state index contributed by atoms with van der Waals surface area (Å²) in [6.45, 7) is 0. The van der Waals surface area contributed by atoms with Gasteiger partial charge in [-0.25, -0.2) is 4.68 Å². The molecule has 2 rings (SSSR count). The first-order chi connectivity index (χ1) is 8.67. The molecule has 1 heterocycles. The molecule has 1 aromatic carbocycles. The number of hydrogen-bond acceptors (Lipinski definition) is 4. The Morgan fingerprint density at radius 3 is 2.83 bits per heavy atom. The topological polar surface area (TPSA) is 84.7 Å². The second-order valence-corrected chi connectivity index (χ2v) is 4.32. The molecule has 90 valence electrons. The molecule has 0 radical (unpaired) electrons. The van der Waals surface area contributed by atoms with E-state index < -0.39 is 5.91 Å². The van der Waals surface area contributed by atoms with E-state index in [1.165, 1.54) is 22.5 Å². The number of nitrogens with zero attached hydrogens (tertiary/aromatic N) is 3. The van der Waals surface area contributed by atoms with Crippen LogP contribution >= 0.6 is 11.8 Å². The third-order valence-electron chi connectivity index (χ3n) is 2.42. The summed E-state index contributed by atoms with van der Waals surface area (Å²) in [5.41, 5.74) is 6.49. The standard InChI is InChI=1S/C12H10N4OS/c1-18-11-4-2-3-10(8(11)7-13)16-6-5-9(15-16)12(14)17/h2-6H,1H3,(H2,14,17). The van der Waals surface area contributed by atoms with E-state index in [0.717, 1.165) is 4.90 Å². The highest BCUT2D eigenvalue weighted by Gasteiger charge is 2.11. The first-order valence-corrected chi connectivity index (χ1v) is 6.32. The van der Waals surface area contributed by atoms with Gasteiger partial charge in [0.25, 0.3) is 5.91 Å². The minimum absolute atomic E-state index is 0.174. The van der Waals surface area contributed by atoms with Crippen LogP contribution in [0.4, 0.5) is 0 Å². The second kappa shape index (κ2) is 4.94. The molecule has 0 spiro atoms. The average Bonchev–Trinajstić information content (AvgIpc) is 2.87. The van der Waals surface area contributed by atoms with Crippen LogP contribution in [0.5, 0.6) is 0 Å². The first-order valence-electron chi connectivity index (χ1n) is 5.10. The molecule has 6 heteroatoms. The van der Waals surface area contributed by atoms with Gasteiger partial charge < -0.3 is 5.73 Å². The Balaban J connectivity index is 2.57. The summed E-state index contributed by atoms with van der Waals surface area (Å²) in [7, 11) is 0. The molecular weight excluding hydrogens is 248 g/mol.